The largest absolute Gasteiger partial charge is 0.330 e. The third-order valence-corrected chi connectivity index (χ3v) is 4.01. The van der Waals surface area contributed by atoms with E-state index in [4.69, 9.17) is 5.73 Å². The van der Waals surface area contributed by atoms with Crippen LogP contribution >= 0.6 is 11.3 Å². The predicted molar refractivity (Wildman–Crippen MR) is 49.3 cm³/mol. The molecule has 1 atom stereocenters. The Hall–Kier alpha value is -0.190. The molecule has 0 spiro atoms. The van der Waals surface area contributed by atoms with Gasteiger partial charge in [0.2, 0.25) is 0 Å². The predicted octanol–water partition coefficient (Wildman–Crippen LogP) is 1.20. The van der Waals surface area contributed by atoms with Crippen LogP contribution in [0.2, 0.25) is 0 Å². The zero-order valence-electron chi connectivity index (χ0n) is 6.16. The second kappa shape index (κ2) is 4.64. The fraction of sp³-hybridized carbons (Fsp3) is 0.429. The van der Waals surface area contributed by atoms with E-state index in [1.807, 2.05) is 17.5 Å². The van der Waals surface area contributed by atoms with Crippen molar-refractivity contribution in [2.24, 2.45) is 5.73 Å². The van der Waals surface area contributed by atoms with Gasteiger partial charge in [-0.05, 0) is 24.4 Å². The van der Waals surface area contributed by atoms with Gasteiger partial charge in [0.05, 0.1) is 15.0 Å². The molecule has 11 heavy (non-hydrogen) atoms. The fourth-order valence-corrected chi connectivity index (χ4v) is 2.86. The van der Waals surface area contributed by atoms with Gasteiger partial charge in [0.15, 0.2) is 0 Å². The Morgan fingerprint density at radius 2 is 2.45 bits per heavy atom. The molecule has 1 aromatic heterocycles. The molecule has 0 aliphatic heterocycles. The van der Waals surface area contributed by atoms with Gasteiger partial charge in [-0.15, -0.1) is 11.3 Å². The average molecular weight is 189 g/mol. The van der Waals surface area contributed by atoms with E-state index >= 15 is 0 Å². The molecule has 0 fully saturated rings. The van der Waals surface area contributed by atoms with Crippen molar-refractivity contribution in [2.75, 3.05) is 12.3 Å². The summed E-state index contributed by atoms with van der Waals surface area (Å²) in [6.07, 6.45) is 0.838. The smallest absolute Gasteiger partial charge is 0.0910 e. The maximum Gasteiger partial charge on any atom is 0.0910 e. The van der Waals surface area contributed by atoms with E-state index in [2.05, 4.69) is 0 Å². The lowest BCUT2D eigenvalue weighted by Gasteiger charge is -1.95. The van der Waals surface area contributed by atoms with Gasteiger partial charge in [0, 0.05) is 5.75 Å². The summed E-state index contributed by atoms with van der Waals surface area (Å²) in [6.45, 7) is 0.622. The summed E-state index contributed by atoms with van der Waals surface area (Å²) >= 11 is 1.54. The highest BCUT2D eigenvalue weighted by atomic mass is 32.2. The lowest BCUT2D eigenvalue weighted by Crippen LogP contribution is -2.05. The topological polar surface area (TPSA) is 43.1 Å². The Kier molecular flexibility index (Phi) is 3.76. The van der Waals surface area contributed by atoms with E-state index < -0.39 is 10.8 Å². The summed E-state index contributed by atoms with van der Waals surface area (Å²) in [4.78, 5) is 0. The zero-order valence-corrected chi connectivity index (χ0v) is 7.79. The summed E-state index contributed by atoms with van der Waals surface area (Å²) in [5.41, 5.74) is 5.30. The molecule has 1 heterocycles. The second-order valence-electron chi connectivity index (χ2n) is 2.12. The first-order valence-corrected chi connectivity index (χ1v) is 5.66. The highest BCUT2D eigenvalue weighted by molar-refractivity contribution is 7.87. The Bertz CT molecular complexity index is 220. The third-order valence-electron chi connectivity index (χ3n) is 1.25. The minimum Gasteiger partial charge on any atom is -0.330 e. The van der Waals surface area contributed by atoms with Crippen LogP contribution in [0, 0.1) is 0 Å². The van der Waals surface area contributed by atoms with E-state index in [1.165, 1.54) is 0 Å². The summed E-state index contributed by atoms with van der Waals surface area (Å²) in [6, 6.07) is 3.82. The summed E-state index contributed by atoms with van der Waals surface area (Å²) < 4.78 is 12.3. The molecule has 4 heteroatoms. The molecular weight excluding hydrogens is 178 g/mol. The van der Waals surface area contributed by atoms with Crippen LogP contribution in [-0.4, -0.2) is 16.5 Å². The summed E-state index contributed by atoms with van der Waals surface area (Å²) in [5, 5.41) is 1.94. The fourth-order valence-electron chi connectivity index (χ4n) is 0.708. The second-order valence-corrected chi connectivity index (χ2v) is 4.87. The molecule has 1 unspecified atom stereocenters. The first kappa shape index (κ1) is 8.90. The number of rotatable bonds is 4. The van der Waals surface area contributed by atoms with E-state index in [1.54, 1.807) is 11.3 Å². The van der Waals surface area contributed by atoms with Gasteiger partial charge in [-0.3, -0.25) is 4.21 Å². The van der Waals surface area contributed by atoms with Gasteiger partial charge in [0.25, 0.3) is 0 Å². The highest BCUT2D eigenvalue weighted by Gasteiger charge is 2.02. The van der Waals surface area contributed by atoms with Crippen molar-refractivity contribution in [1.82, 2.24) is 0 Å². The van der Waals surface area contributed by atoms with Crippen molar-refractivity contribution in [3.05, 3.63) is 17.5 Å². The molecule has 0 radical (unpaired) electrons. The molecule has 0 aromatic carbocycles. The van der Waals surface area contributed by atoms with Crippen LogP contribution in [0.5, 0.6) is 0 Å². The van der Waals surface area contributed by atoms with Crippen LogP contribution in [0.3, 0.4) is 0 Å². The van der Waals surface area contributed by atoms with Crippen LogP contribution in [0.4, 0.5) is 0 Å². The van der Waals surface area contributed by atoms with Crippen molar-refractivity contribution in [1.29, 1.82) is 0 Å². The molecule has 0 aliphatic rings. The molecule has 62 valence electrons. The van der Waals surface area contributed by atoms with Crippen molar-refractivity contribution >= 4 is 22.1 Å². The van der Waals surface area contributed by atoms with Crippen molar-refractivity contribution in [3.63, 3.8) is 0 Å². The van der Waals surface area contributed by atoms with E-state index in [0.29, 0.717) is 12.3 Å². The lowest BCUT2D eigenvalue weighted by atomic mass is 10.5. The molecule has 2 nitrogen and oxygen atoms in total. The van der Waals surface area contributed by atoms with Crippen molar-refractivity contribution in [2.45, 2.75) is 10.6 Å². The maximum absolute atomic E-state index is 11.3. The van der Waals surface area contributed by atoms with E-state index in [0.717, 1.165) is 10.6 Å². The van der Waals surface area contributed by atoms with E-state index in [9.17, 15) is 4.21 Å². The molecule has 1 rings (SSSR count). The van der Waals surface area contributed by atoms with Gasteiger partial charge in [-0.1, -0.05) is 6.07 Å². The van der Waals surface area contributed by atoms with Crippen molar-refractivity contribution in [3.8, 4) is 0 Å². The first-order chi connectivity index (χ1) is 5.34. The van der Waals surface area contributed by atoms with Crippen molar-refractivity contribution < 1.29 is 4.21 Å². The zero-order chi connectivity index (χ0) is 8.10. The molecule has 0 saturated carbocycles. The minimum absolute atomic E-state index is 0.622. The molecule has 0 amide bonds. The van der Waals surface area contributed by atoms with Gasteiger partial charge >= 0.3 is 0 Å². The molecule has 0 aliphatic carbocycles. The number of hydrogen-bond donors (Lipinski definition) is 1. The minimum atomic E-state index is -0.814. The summed E-state index contributed by atoms with van der Waals surface area (Å²) in [7, 11) is -0.814. The summed E-state index contributed by atoms with van der Waals surface area (Å²) in [5.74, 6) is 0.691. The Morgan fingerprint density at radius 1 is 1.64 bits per heavy atom. The maximum atomic E-state index is 11.3. The van der Waals surface area contributed by atoms with Crippen LogP contribution in [-0.2, 0) is 10.8 Å². The third kappa shape index (κ3) is 2.73. The molecular formula is C7H11NOS2. The Balaban J connectivity index is 2.43. The SMILES string of the molecule is NCCCS(=O)c1cccs1. The standard InChI is InChI=1S/C7H11NOS2/c8-4-2-6-11(9)7-3-1-5-10-7/h1,3,5H,2,4,6,8H2. The molecule has 0 saturated heterocycles. The van der Waals surface area contributed by atoms with Gasteiger partial charge in [-0.25, -0.2) is 0 Å². The van der Waals surface area contributed by atoms with Gasteiger partial charge < -0.3 is 5.73 Å². The van der Waals surface area contributed by atoms with Gasteiger partial charge in [-0.2, -0.15) is 0 Å². The van der Waals surface area contributed by atoms with E-state index in [-0.39, 0.29) is 0 Å². The number of nitrogens with two attached hydrogens (primary N) is 1. The molecule has 1 aromatic rings. The van der Waals surface area contributed by atoms with Crippen LogP contribution < -0.4 is 5.73 Å². The lowest BCUT2D eigenvalue weighted by molar-refractivity contribution is 0.682. The monoisotopic (exact) mass is 189 g/mol. The van der Waals surface area contributed by atoms with Gasteiger partial charge in [0.1, 0.15) is 0 Å². The Labute approximate surface area is 72.9 Å². The molecule has 0 bridgehead atoms. The first-order valence-electron chi connectivity index (χ1n) is 3.46. The number of thiophene rings is 1. The van der Waals surface area contributed by atoms with Crippen LogP contribution in [0.15, 0.2) is 21.7 Å². The van der Waals surface area contributed by atoms with Crippen LogP contribution in [0.1, 0.15) is 6.42 Å². The molecule has 2 N–H and O–H groups in total. The highest BCUT2D eigenvalue weighted by Crippen LogP contribution is 2.13. The quantitative estimate of drug-likeness (QED) is 0.773. The Morgan fingerprint density at radius 3 is 3.00 bits per heavy atom. The van der Waals surface area contributed by atoms with Crippen LogP contribution in [0.25, 0.3) is 0 Å². The average Bonchev–Trinajstić information content (AvgIpc) is 2.52. The number of hydrogen-bond acceptors (Lipinski definition) is 3. The normalized spacial score (nSPS) is 13.2.